The number of rotatable bonds is 6. The van der Waals surface area contributed by atoms with Gasteiger partial charge in [-0.1, -0.05) is 56.4 Å². The number of allylic oxidation sites excluding steroid dienone is 9. The molecule has 0 aliphatic rings. The van der Waals surface area contributed by atoms with Crippen molar-refractivity contribution >= 4 is 35.0 Å². The van der Waals surface area contributed by atoms with Gasteiger partial charge in [0, 0.05) is 6.20 Å². The van der Waals surface area contributed by atoms with E-state index in [1.54, 1.807) is 42.0 Å². The number of fused-ring (bicyclic) bond motifs is 1. The number of aliphatic hydroxyl groups is 1. The van der Waals surface area contributed by atoms with Crippen LogP contribution in [0.3, 0.4) is 0 Å². The van der Waals surface area contributed by atoms with Gasteiger partial charge in [0.25, 0.3) is 5.56 Å². The quantitative estimate of drug-likeness (QED) is 0.403. The molecular weight excluding hydrogens is 362 g/mol. The third kappa shape index (κ3) is 3.68. The van der Waals surface area contributed by atoms with Gasteiger partial charge >= 0.3 is 5.69 Å². The van der Waals surface area contributed by atoms with Crippen LogP contribution in [0.5, 0.6) is 0 Å². The maximum atomic E-state index is 12.6. The van der Waals surface area contributed by atoms with E-state index in [0.717, 1.165) is 3.97 Å². The molecule has 0 bridgehead atoms. The second-order valence-corrected chi connectivity index (χ2v) is 5.91. The summed E-state index contributed by atoms with van der Waals surface area (Å²) in [5, 5.41) is 10.7. The van der Waals surface area contributed by atoms with Gasteiger partial charge in [0.1, 0.15) is 5.76 Å². The van der Waals surface area contributed by atoms with Crippen molar-refractivity contribution in [2.24, 2.45) is 0 Å². The van der Waals surface area contributed by atoms with Gasteiger partial charge in [0.2, 0.25) is 0 Å². The molecule has 0 aromatic carbocycles. The largest absolute Gasteiger partial charge is 0.506 e. The van der Waals surface area contributed by atoms with E-state index in [4.69, 9.17) is 0 Å². The average molecular weight is 383 g/mol. The van der Waals surface area contributed by atoms with Crippen LogP contribution in [-0.4, -0.2) is 18.6 Å². The Kier molecular flexibility index (Phi) is 6.31. The smallest absolute Gasteiger partial charge is 0.338 e. The highest BCUT2D eigenvalue weighted by molar-refractivity contribution is 7.78. The van der Waals surface area contributed by atoms with E-state index in [1.165, 1.54) is 12.2 Å². The molecule has 2 rings (SSSR count). The number of thiol groups is 1. The standard InChI is InChI=1S/C20H21N3O3S/c1-5-9-13(10-6-2)18-17-15(23(27)20(26)21-19(17)25)12-22(18)14(8-4)16(24)11-7-3/h5-12,24,27H,1,4H2,2-3H3,(H,21,25,26)/b10-6-,11-7-,13-9+,16-14-. The van der Waals surface area contributed by atoms with Gasteiger partial charge in [0.05, 0.1) is 22.3 Å². The van der Waals surface area contributed by atoms with Crippen molar-refractivity contribution in [3.8, 4) is 0 Å². The molecule has 0 unspecified atom stereocenters. The van der Waals surface area contributed by atoms with Gasteiger partial charge in [-0.15, -0.1) is 0 Å². The lowest BCUT2D eigenvalue weighted by molar-refractivity contribution is 0.432. The molecule has 7 heteroatoms. The van der Waals surface area contributed by atoms with E-state index in [2.05, 4.69) is 31.0 Å². The van der Waals surface area contributed by atoms with Crippen LogP contribution in [0.2, 0.25) is 0 Å². The first-order valence-electron chi connectivity index (χ1n) is 8.15. The lowest BCUT2D eigenvalue weighted by Gasteiger charge is -2.12. The van der Waals surface area contributed by atoms with Gasteiger partial charge in [-0.05, 0) is 31.6 Å². The summed E-state index contributed by atoms with van der Waals surface area (Å²) >= 11 is 4.18. The summed E-state index contributed by atoms with van der Waals surface area (Å²) in [5.74, 6) is -0.0445. The number of aromatic nitrogens is 3. The summed E-state index contributed by atoms with van der Waals surface area (Å²) in [6.07, 6.45) is 13.1. The number of aromatic amines is 1. The molecule has 0 fully saturated rings. The maximum Gasteiger partial charge on any atom is 0.338 e. The Balaban J connectivity index is 3.16. The maximum absolute atomic E-state index is 12.6. The molecule has 2 aromatic heterocycles. The highest BCUT2D eigenvalue weighted by atomic mass is 32.1. The molecule has 0 aliphatic carbocycles. The fraction of sp³-hybridized carbons (Fsp3) is 0.100. The topological polar surface area (TPSA) is 80.0 Å². The van der Waals surface area contributed by atoms with E-state index >= 15 is 0 Å². The highest BCUT2D eigenvalue weighted by Crippen LogP contribution is 2.30. The Morgan fingerprint density at radius 1 is 1.22 bits per heavy atom. The van der Waals surface area contributed by atoms with E-state index < -0.39 is 11.2 Å². The van der Waals surface area contributed by atoms with Crippen LogP contribution < -0.4 is 11.2 Å². The van der Waals surface area contributed by atoms with Gasteiger partial charge in [-0.2, -0.15) is 0 Å². The Morgan fingerprint density at radius 2 is 1.89 bits per heavy atom. The number of hydrogen-bond acceptors (Lipinski definition) is 4. The minimum atomic E-state index is -0.651. The summed E-state index contributed by atoms with van der Waals surface area (Å²) in [5.41, 5.74) is 0.572. The first-order valence-corrected chi connectivity index (χ1v) is 8.55. The number of nitrogens with one attached hydrogen (secondary N) is 1. The molecule has 0 aliphatic heterocycles. The number of hydrogen-bond donors (Lipinski definition) is 3. The zero-order valence-corrected chi connectivity index (χ0v) is 16.0. The summed E-state index contributed by atoms with van der Waals surface area (Å²) in [7, 11) is 0. The molecule has 27 heavy (non-hydrogen) atoms. The Morgan fingerprint density at radius 3 is 2.44 bits per heavy atom. The van der Waals surface area contributed by atoms with Gasteiger partial charge < -0.3 is 9.67 Å². The molecule has 0 saturated carbocycles. The predicted molar refractivity (Wildman–Crippen MR) is 115 cm³/mol. The van der Waals surface area contributed by atoms with Crippen LogP contribution in [0.25, 0.3) is 22.2 Å². The second-order valence-electron chi connectivity index (χ2n) is 5.51. The molecule has 0 radical (unpaired) electrons. The van der Waals surface area contributed by atoms with Crippen LogP contribution in [-0.2, 0) is 0 Å². The fourth-order valence-corrected chi connectivity index (χ4v) is 2.96. The average Bonchev–Trinajstić information content (AvgIpc) is 3.01. The van der Waals surface area contributed by atoms with Crippen LogP contribution in [0.4, 0.5) is 0 Å². The van der Waals surface area contributed by atoms with Gasteiger partial charge in [0.15, 0.2) is 0 Å². The van der Waals surface area contributed by atoms with Gasteiger partial charge in [-0.25, -0.2) is 8.77 Å². The molecule has 0 saturated heterocycles. The highest BCUT2D eigenvalue weighted by Gasteiger charge is 2.20. The van der Waals surface area contributed by atoms with E-state index in [1.807, 2.05) is 13.0 Å². The molecular formula is C20H21N3O3S. The SMILES string of the molecule is C=C/C=C(\C=C/C)c1c2c(=O)[nH]c(=O)n(S)c2cn1/C(C=C)=C(O)/C=C\C. The minimum Gasteiger partial charge on any atom is -0.506 e. The monoisotopic (exact) mass is 383 g/mol. The number of aliphatic hydroxyl groups excluding tert-OH is 1. The van der Waals surface area contributed by atoms with Crippen LogP contribution in [0, 0.1) is 0 Å². The molecule has 2 aromatic rings. The normalized spacial score (nSPS) is 13.5. The lowest BCUT2D eigenvalue weighted by Crippen LogP contribution is -2.25. The molecule has 6 nitrogen and oxygen atoms in total. The van der Waals surface area contributed by atoms with Crippen molar-refractivity contribution < 1.29 is 5.11 Å². The Hall–Kier alpha value is -3.19. The summed E-state index contributed by atoms with van der Waals surface area (Å²) in [4.78, 5) is 26.8. The molecule has 0 amide bonds. The zero-order chi connectivity index (χ0) is 20.1. The second kappa shape index (κ2) is 8.46. The predicted octanol–water partition coefficient (Wildman–Crippen LogP) is 3.82. The molecule has 2 heterocycles. The Labute approximate surface area is 162 Å². The van der Waals surface area contributed by atoms with Crippen LogP contribution in [0.1, 0.15) is 19.5 Å². The molecule has 2 N–H and O–H groups in total. The molecule has 140 valence electrons. The lowest BCUT2D eigenvalue weighted by atomic mass is 10.1. The van der Waals surface area contributed by atoms with Crippen molar-refractivity contribution in [1.82, 2.24) is 13.5 Å². The zero-order valence-electron chi connectivity index (χ0n) is 15.1. The Bertz CT molecular complexity index is 1140. The number of H-pyrrole nitrogens is 1. The summed E-state index contributed by atoms with van der Waals surface area (Å²) in [6.45, 7) is 11.1. The van der Waals surface area contributed by atoms with Crippen molar-refractivity contribution in [3.05, 3.63) is 94.2 Å². The molecule has 0 atom stereocenters. The van der Waals surface area contributed by atoms with Crippen LogP contribution >= 0.6 is 12.8 Å². The van der Waals surface area contributed by atoms with Crippen molar-refractivity contribution in [2.45, 2.75) is 13.8 Å². The summed E-state index contributed by atoms with van der Waals surface area (Å²) < 4.78 is 2.65. The molecule has 0 spiro atoms. The first-order chi connectivity index (χ1) is 12.9. The van der Waals surface area contributed by atoms with E-state index in [0.29, 0.717) is 22.5 Å². The first kappa shape index (κ1) is 20.1. The van der Waals surface area contributed by atoms with Gasteiger partial charge in [-0.3, -0.25) is 9.78 Å². The fourth-order valence-electron chi connectivity index (χ4n) is 2.76. The summed E-state index contributed by atoms with van der Waals surface area (Å²) in [6, 6.07) is 0. The van der Waals surface area contributed by atoms with Crippen molar-refractivity contribution in [1.29, 1.82) is 0 Å². The number of nitrogens with zero attached hydrogens (tertiary/aromatic N) is 2. The van der Waals surface area contributed by atoms with E-state index in [-0.39, 0.29) is 11.1 Å². The minimum absolute atomic E-state index is 0.0445. The van der Waals surface area contributed by atoms with Crippen LogP contribution in [0.15, 0.2) is 77.2 Å². The van der Waals surface area contributed by atoms with Crippen molar-refractivity contribution in [3.63, 3.8) is 0 Å². The third-order valence-electron chi connectivity index (χ3n) is 3.81. The van der Waals surface area contributed by atoms with Crippen molar-refractivity contribution in [2.75, 3.05) is 0 Å². The van der Waals surface area contributed by atoms with E-state index in [9.17, 15) is 14.7 Å². The third-order valence-corrected chi connectivity index (χ3v) is 4.21.